The zero-order valence-electron chi connectivity index (χ0n) is 10.9. The van der Waals surface area contributed by atoms with Gasteiger partial charge in [0, 0.05) is 0 Å². The first-order valence-electron chi connectivity index (χ1n) is 6.04. The average Bonchev–Trinajstić information content (AvgIpc) is 2.18. The maximum absolute atomic E-state index is 10.2. The number of aliphatic hydroxyl groups excluding tert-OH is 1. The van der Waals surface area contributed by atoms with Gasteiger partial charge in [-0.05, 0) is 50.2 Å². The average molecular weight is 222 g/mol. The molecule has 0 unspecified atom stereocenters. The number of hydrogen-bond donors (Lipinski definition) is 1. The highest BCUT2D eigenvalue weighted by Crippen LogP contribution is 2.50. The highest BCUT2D eigenvalue weighted by molar-refractivity contribution is 5.39. The van der Waals surface area contributed by atoms with E-state index >= 15 is 0 Å². The molecule has 2 atom stereocenters. The number of hydrogen-bond acceptors (Lipinski definition) is 2. The predicted octanol–water partition coefficient (Wildman–Crippen LogP) is 3.18. The molecule has 0 amide bonds. The molecule has 2 nitrogen and oxygen atoms in total. The summed E-state index contributed by atoms with van der Waals surface area (Å²) in [6.45, 7) is 10.5. The molecule has 0 radical (unpaired) electrons. The summed E-state index contributed by atoms with van der Waals surface area (Å²) in [5.74, 6) is 0.933. The molecule has 0 saturated heterocycles. The first-order valence-corrected chi connectivity index (χ1v) is 6.04. The number of fused-ring (bicyclic) bond motifs is 1. The minimum Gasteiger partial charge on any atom is -0.485 e. The summed E-state index contributed by atoms with van der Waals surface area (Å²) in [6.07, 6.45) is 3.65. The zero-order valence-corrected chi connectivity index (χ0v) is 10.9. The van der Waals surface area contributed by atoms with Gasteiger partial charge in [-0.1, -0.05) is 19.9 Å². The fourth-order valence-corrected chi connectivity index (χ4v) is 2.94. The summed E-state index contributed by atoms with van der Waals surface area (Å²) >= 11 is 0. The molecule has 16 heavy (non-hydrogen) atoms. The first kappa shape index (κ1) is 11.7. The molecular formula is C14H22O2. The second-order valence-electron chi connectivity index (χ2n) is 5.94. The van der Waals surface area contributed by atoms with Crippen molar-refractivity contribution in [3.8, 4) is 0 Å². The lowest BCUT2D eigenvalue weighted by atomic mass is 9.63. The van der Waals surface area contributed by atoms with E-state index in [0.29, 0.717) is 0 Å². The van der Waals surface area contributed by atoms with E-state index in [4.69, 9.17) is 4.74 Å². The van der Waals surface area contributed by atoms with Crippen LogP contribution in [-0.2, 0) is 4.74 Å². The number of rotatable bonds is 0. The number of ether oxygens (including phenoxy) is 1. The Bertz CT molecular complexity index is 376. The number of allylic oxidation sites excluding steroid dienone is 3. The van der Waals surface area contributed by atoms with Crippen molar-refractivity contribution < 1.29 is 9.84 Å². The van der Waals surface area contributed by atoms with Gasteiger partial charge in [-0.3, -0.25) is 0 Å². The molecule has 1 saturated carbocycles. The van der Waals surface area contributed by atoms with Crippen LogP contribution in [0.5, 0.6) is 0 Å². The van der Waals surface area contributed by atoms with E-state index < -0.39 is 11.7 Å². The van der Waals surface area contributed by atoms with Crippen molar-refractivity contribution >= 4 is 0 Å². The van der Waals surface area contributed by atoms with Crippen molar-refractivity contribution in [1.82, 2.24) is 0 Å². The molecule has 0 aromatic carbocycles. The van der Waals surface area contributed by atoms with Crippen molar-refractivity contribution in [1.29, 1.82) is 0 Å². The molecule has 0 aromatic heterocycles. The molecule has 2 aliphatic rings. The predicted molar refractivity (Wildman–Crippen MR) is 65.0 cm³/mol. The third-order valence-corrected chi connectivity index (χ3v) is 4.22. The van der Waals surface area contributed by atoms with Crippen molar-refractivity contribution in [2.24, 2.45) is 5.41 Å². The minimum atomic E-state index is -0.522. The second-order valence-corrected chi connectivity index (χ2v) is 5.94. The van der Waals surface area contributed by atoms with Crippen molar-refractivity contribution in [3.05, 3.63) is 23.0 Å². The van der Waals surface area contributed by atoms with Gasteiger partial charge in [0.05, 0.1) is 11.9 Å². The van der Waals surface area contributed by atoms with Crippen LogP contribution in [0.4, 0.5) is 0 Å². The molecule has 2 heteroatoms. The monoisotopic (exact) mass is 222 g/mol. The Balaban J connectivity index is 2.53. The summed E-state index contributed by atoms with van der Waals surface area (Å²) in [6, 6.07) is 0. The van der Waals surface area contributed by atoms with Crippen LogP contribution in [0.1, 0.15) is 47.5 Å². The molecule has 0 bridgehead atoms. The van der Waals surface area contributed by atoms with Crippen LogP contribution in [0.2, 0.25) is 0 Å². The van der Waals surface area contributed by atoms with E-state index in [1.807, 2.05) is 13.8 Å². The third-order valence-electron chi connectivity index (χ3n) is 4.22. The molecule has 1 fully saturated rings. The molecule has 1 N–H and O–H groups in total. The summed E-state index contributed by atoms with van der Waals surface area (Å²) in [5, 5.41) is 10.2. The highest BCUT2D eigenvalue weighted by atomic mass is 16.5. The van der Waals surface area contributed by atoms with Gasteiger partial charge in [0.2, 0.25) is 0 Å². The van der Waals surface area contributed by atoms with E-state index in [1.165, 1.54) is 11.1 Å². The molecule has 1 heterocycles. The standard InChI is InChI=1S/C14H22O2/c1-9-8-11-13(3,4)7-6-12(15)14(11,5)16-10(9)2/h8,12,15H,6-7H2,1-5H3/t12-,14+/m0/s1. The van der Waals surface area contributed by atoms with Gasteiger partial charge < -0.3 is 9.84 Å². The van der Waals surface area contributed by atoms with Gasteiger partial charge in [-0.15, -0.1) is 0 Å². The Morgan fingerprint density at radius 1 is 1.31 bits per heavy atom. The van der Waals surface area contributed by atoms with Crippen LogP contribution in [0.25, 0.3) is 0 Å². The van der Waals surface area contributed by atoms with Crippen molar-refractivity contribution in [2.75, 3.05) is 0 Å². The summed E-state index contributed by atoms with van der Waals surface area (Å²) < 4.78 is 6.00. The molecule has 0 spiro atoms. The van der Waals surface area contributed by atoms with Gasteiger partial charge in [0.1, 0.15) is 0 Å². The van der Waals surface area contributed by atoms with Crippen LogP contribution in [0.15, 0.2) is 23.0 Å². The van der Waals surface area contributed by atoms with Crippen LogP contribution in [-0.4, -0.2) is 16.8 Å². The van der Waals surface area contributed by atoms with Crippen LogP contribution in [0, 0.1) is 5.41 Å². The Labute approximate surface area is 98.0 Å². The molecule has 1 aliphatic heterocycles. The fraction of sp³-hybridized carbons (Fsp3) is 0.714. The smallest absolute Gasteiger partial charge is 0.153 e. The largest absolute Gasteiger partial charge is 0.485 e. The minimum absolute atomic E-state index is 0.121. The van der Waals surface area contributed by atoms with Crippen LogP contribution >= 0.6 is 0 Å². The Morgan fingerprint density at radius 2 is 1.94 bits per heavy atom. The first-order chi connectivity index (χ1) is 7.27. The molecule has 1 aliphatic carbocycles. The fourth-order valence-electron chi connectivity index (χ4n) is 2.94. The van der Waals surface area contributed by atoms with E-state index in [9.17, 15) is 5.11 Å². The quantitative estimate of drug-likeness (QED) is 0.682. The van der Waals surface area contributed by atoms with Gasteiger partial charge in [0.15, 0.2) is 5.60 Å². The van der Waals surface area contributed by atoms with Gasteiger partial charge >= 0.3 is 0 Å². The van der Waals surface area contributed by atoms with E-state index in [0.717, 1.165) is 18.6 Å². The third kappa shape index (κ3) is 1.51. The van der Waals surface area contributed by atoms with Crippen LogP contribution in [0.3, 0.4) is 0 Å². The maximum Gasteiger partial charge on any atom is 0.153 e. The van der Waals surface area contributed by atoms with Gasteiger partial charge in [-0.25, -0.2) is 0 Å². The normalized spacial score (nSPS) is 37.6. The number of aliphatic hydroxyl groups is 1. The summed E-state index contributed by atoms with van der Waals surface area (Å²) in [7, 11) is 0. The van der Waals surface area contributed by atoms with E-state index in [1.54, 1.807) is 0 Å². The molecule has 2 rings (SSSR count). The lowest BCUT2D eigenvalue weighted by Crippen LogP contribution is -2.52. The zero-order chi connectivity index (χ0) is 12.1. The SMILES string of the molecule is CC1=C(C)O[C@]2(C)C(=C1)C(C)(C)CC[C@@H]2O. The van der Waals surface area contributed by atoms with Crippen molar-refractivity contribution in [2.45, 2.75) is 59.2 Å². The summed E-state index contributed by atoms with van der Waals surface area (Å²) in [4.78, 5) is 0. The molecular weight excluding hydrogens is 200 g/mol. The van der Waals surface area contributed by atoms with Crippen molar-refractivity contribution in [3.63, 3.8) is 0 Å². The van der Waals surface area contributed by atoms with Crippen LogP contribution < -0.4 is 0 Å². The topological polar surface area (TPSA) is 29.5 Å². The summed E-state index contributed by atoms with van der Waals surface area (Å²) in [5.41, 5.74) is 2.01. The molecule has 0 aromatic rings. The van der Waals surface area contributed by atoms with Gasteiger partial charge in [0.25, 0.3) is 0 Å². The van der Waals surface area contributed by atoms with E-state index in [2.05, 4.69) is 26.8 Å². The van der Waals surface area contributed by atoms with Gasteiger partial charge in [-0.2, -0.15) is 0 Å². The Morgan fingerprint density at radius 3 is 2.56 bits per heavy atom. The second kappa shape index (κ2) is 3.36. The van der Waals surface area contributed by atoms with E-state index in [-0.39, 0.29) is 5.41 Å². The Kier molecular flexibility index (Phi) is 2.46. The maximum atomic E-state index is 10.2. The Hall–Kier alpha value is -0.760. The lowest BCUT2D eigenvalue weighted by molar-refractivity contribution is -0.0930. The molecule has 90 valence electrons. The highest BCUT2D eigenvalue weighted by Gasteiger charge is 2.50. The lowest BCUT2D eigenvalue weighted by Gasteiger charge is -2.50.